The molecule has 1 N–H and O–H groups in total. The SMILES string of the molecule is Cc1ccc(OCc2ccc(C(=O)N3CCCCC3)cc2C)c(-c2csc(N3CC4CCC(C4)C3)n2)c1.O=CO. The van der Waals surface area contributed by atoms with E-state index >= 15 is 0 Å². The van der Waals surface area contributed by atoms with Gasteiger partial charge in [0.15, 0.2) is 5.13 Å². The average molecular weight is 562 g/mol. The Bertz CT molecular complexity index is 1320. The highest BCUT2D eigenvalue weighted by Crippen LogP contribution is 2.40. The molecule has 2 atom stereocenters. The molecule has 212 valence electrons. The van der Waals surface area contributed by atoms with Crippen molar-refractivity contribution in [2.24, 2.45) is 11.8 Å². The number of hydrogen-bond donors (Lipinski definition) is 1. The molecule has 7 nitrogen and oxygen atoms in total. The molecule has 8 heteroatoms. The maximum absolute atomic E-state index is 12.9. The van der Waals surface area contributed by atoms with Crippen LogP contribution in [0.3, 0.4) is 0 Å². The topological polar surface area (TPSA) is 83.0 Å². The van der Waals surface area contributed by atoms with Crippen molar-refractivity contribution in [3.05, 3.63) is 64.0 Å². The lowest BCUT2D eigenvalue weighted by atomic mass is 9.99. The summed E-state index contributed by atoms with van der Waals surface area (Å²) in [5.41, 5.74) is 6.22. The second kappa shape index (κ2) is 12.9. The van der Waals surface area contributed by atoms with Gasteiger partial charge in [-0.25, -0.2) is 4.98 Å². The molecule has 3 heterocycles. The zero-order valence-electron chi connectivity index (χ0n) is 23.5. The van der Waals surface area contributed by atoms with E-state index in [0.717, 1.165) is 89.7 Å². The van der Waals surface area contributed by atoms with Crippen LogP contribution in [0.15, 0.2) is 41.8 Å². The summed E-state index contributed by atoms with van der Waals surface area (Å²) in [6, 6.07) is 12.4. The van der Waals surface area contributed by atoms with E-state index in [9.17, 15) is 4.79 Å². The molecule has 1 aliphatic carbocycles. The van der Waals surface area contributed by atoms with Gasteiger partial charge < -0.3 is 19.6 Å². The number of rotatable bonds is 6. The fraction of sp³-hybridized carbons (Fsp3) is 0.469. The Morgan fingerprint density at radius 2 is 1.80 bits per heavy atom. The van der Waals surface area contributed by atoms with Crippen LogP contribution in [0, 0.1) is 25.7 Å². The number of nitrogens with zero attached hydrogens (tertiary/aromatic N) is 3. The number of amides is 1. The molecular weight excluding hydrogens is 522 g/mol. The summed E-state index contributed by atoms with van der Waals surface area (Å²) in [5.74, 6) is 2.69. The molecule has 1 saturated carbocycles. The van der Waals surface area contributed by atoms with E-state index in [4.69, 9.17) is 19.6 Å². The minimum Gasteiger partial charge on any atom is -0.488 e. The van der Waals surface area contributed by atoms with Gasteiger partial charge in [0.25, 0.3) is 12.4 Å². The van der Waals surface area contributed by atoms with Crippen molar-refractivity contribution in [3.8, 4) is 17.0 Å². The second-order valence-corrected chi connectivity index (χ2v) is 12.2. The van der Waals surface area contributed by atoms with Crippen LogP contribution >= 0.6 is 11.3 Å². The number of aryl methyl sites for hydroxylation is 2. The van der Waals surface area contributed by atoms with Gasteiger partial charge in [-0.3, -0.25) is 9.59 Å². The number of carbonyl (C=O) groups excluding carboxylic acids is 1. The van der Waals surface area contributed by atoms with Crippen molar-refractivity contribution >= 4 is 28.8 Å². The number of carboxylic acid groups (broad SMARTS) is 1. The van der Waals surface area contributed by atoms with Gasteiger partial charge in [-0.05, 0) is 99.6 Å². The van der Waals surface area contributed by atoms with Gasteiger partial charge in [-0.1, -0.05) is 17.7 Å². The largest absolute Gasteiger partial charge is 0.488 e. The number of fused-ring (bicyclic) bond motifs is 2. The minimum atomic E-state index is -0.250. The van der Waals surface area contributed by atoms with E-state index in [1.165, 1.54) is 31.2 Å². The van der Waals surface area contributed by atoms with E-state index in [1.807, 2.05) is 23.1 Å². The Morgan fingerprint density at radius 3 is 2.50 bits per heavy atom. The van der Waals surface area contributed by atoms with Crippen LogP contribution < -0.4 is 9.64 Å². The van der Waals surface area contributed by atoms with Crippen LogP contribution in [0.4, 0.5) is 5.13 Å². The first-order valence-electron chi connectivity index (χ1n) is 14.4. The maximum atomic E-state index is 12.9. The Labute approximate surface area is 240 Å². The van der Waals surface area contributed by atoms with Crippen LogP contribution in [-0.4, -0.2) is 53.5 Å². The molecule has 2 bridgehead atoms. The number of likely N-dealkylation sites (tertiary alicyclic amines) is 1. The molecule has 0 spiro atoms. The second-order valence-electron chi connectivity index (χ2n) is 11.4. The van der Waals surface area contributed by atoms with Gasteiger partial charge in [0.05, 0.1) is 5.69 Å². The standard InChI is InChI=1S/C31H37N3O2S.CH2O2/c1-21-6-11-29(27(14-21)28-20-37-31(32-28)34-17-23-7-8-24(16-23)18-34)36-19-26-10-9-25(15-22(26)2)30(35)33-12-4-3-5-13-33;2-1-3/h6,9-11,14-15,20,23-24H,3-5,7-8,12-13,16-19H2,1-2H3;1H,(H,2,3). The predicted molar refractivity (Wildman–Crippen MR) is 159 cm³/mol. The Hall–Kier alpha value is -3.39. The van der Waals surface area contributed by atoms with Gasteiger partial charge in [0, 0.05) is 42.7 Å². The van der Waals surface area contributed by atoms with E-state index in [2.05, 4.69) is 42.3 Å². The maximum Gasteiger partial charge on any atom is 0.290 e. The van der Waals surface area contributed by atoms with Gasteiger partial charge in [0.1, 0.15) is 12.4 Å². The number of piperidine rings is 2. The van der Waals surface area contributed by atoms with Crippen LogP contribution in [0.1, 0.15) is 65.6 Å². The molecule has 2 saturated heterocycles. The fourth-order valence-corrected chi connectivity index (χ4v) is 7.14. The molecule has 2 aromatic carbocycles. The Balaban J connectivity index is 0.00000103. The van der Waals surface area contributed by atoms with Crippen molar-refractivity contribution in [2.45, 2.75) is 59.0 Å². The highest BCUT2D eigenvalue weighted by atomic mass is 32.1. The number of anilines is 1. The molecule has 1 amide bonds. The third-order valence-corrected chi connectivity index (χ3v) is 9.30. The van der Waals surface area contributed by atoms with E-state index in [-0.39, 0.29) is 12.4 Å². The summed E-state index contributed by atoms with van der Waals surface area (Å²) in [5, 5.41) is 10.2. The lowest BCUT2D eigenvalue weighted by molar-refractivity contribution is -0.122. The van der Waals surface area contributed by atoms with Crippen LogP contribution in [-0.2, 0) is 11.4 Å². The molecule has 40 heavy (non-hydrogen) atoms. The first kappa shape index (κ1) is 28.1. The van der Waals surface area contributed by atoms with Crippen molar-refractivity contribution in [1.29, 1.82) is 0 Å². The van der Waals surface area contributed by atoms with E-state index in [1.54, 1.807) is 11.3 Å². The number of benzene rings is 2. The summed E-state index contributed by atoms with van der Waals surface area (Å²) in [6.45, 7) is 8.44. The monoisotopic (exact) mass is 561 g/mol. The molecule has 6 rings (SSSR count). The first-order chi connectivity index (χ1) is 19.4. The lowest BCUT2D eigenvalue weighted by Gasteiger charge is -2.31. The van der Waals surface area contributed by atoms with Crippen LogP contribution in [0.5, 0.6) is 5.75 Å². The smallest absolute Gasteiger partial charge is 0.290 e. The third-order valence-electron chi connectivity index (χ3n) is 8.40. The van der Waals surface area contributed by atoms with Gasteiger partial charge in [-0.15, -0.1) is 11.3 Å². The van der Waals surface area contributed by atoms with Gasteiger partial charge in [-0.2, -0.15) is 0 Å². The lowest BCUT2D eigenvalue weighted by Crippen LogP contribution is -2.36. The number of ether oxygens (including phenoxy) is 1. The molecule has 3 aromatic rings. The zero-order chi connectivity index (χ0) is 28.1. The fourth-order valence-electron chi connectivity index (χ4n) is 6.29. The number of aromatic nitrogens is 1. The minimum absolute atomic E-state index is 0.150. The van der Waals surface area contributed by atoms with Crippen molar-refractivity contribution in [3.63, 3.8) is 0 Å². The Morgan fingerprint density at radius 1 is 1.07 bits per heavy atom. The van der Waals surface area contributed by atoms with Crippen LogP contribution in [0.25, 0.3) is 11.3 Å². The molecule has 0 radical (unpaired) electrons. The number of carbonyl (C=O) groups is 2. The number of thiazole rings is 1. The summed E-state index contributed by atoms with van der Waals surface area (Å²) in [7, 11) is 0. The molecular formula is C32H39N3O4S. The molecule has 2 unspecified atom stereocenters. The van der Waals surface area contributed by atoms with E-state index in [0.29, 0.717) is 6.61 Å². The third kappa shape index (κ3) is 6.49. The molecule has 3 aliphatic rings. The Kier molecular flexibility index (Phi) is 9.04. The summed E-state index contributed by atoms with van der Waals surface area (Å²) >= 11 is 1.75. The average Bonchev–Trinajstić information content (AvgIpc) is 3.59. The molecule has 3 fully saturated rings. The number of hydrogen-bond acceptors (Lipinski definition) is 6. The van der Waals surface area contributed by atoms with Crippen molar-refractivity contribution < 1.29 is 19.4 Å². The summed E-state index contributed by atoms with van der Waals surface area (Å²) < 4.78 is 6.38. The first-order valence-corrected chi connectivity index (χ1v) is 15.2. The highest BCUT2D eigenvalue weighted by molar-refractivity contribution is 7.14. The van der Waals surface area contributed by atoms with E-state index < -0.39 is 0 Å². The zero-order valence-corrected chi connectivity index (χ0v) is 24.3. The van der Waals surface area contributed by atoms with Crippen molar-refractivity contribution in [2.75, 3.05) is 31.1 Å². The van der Waals surface area contributed by atoms with Crippen molar-refractivity contribution in [1.82, 2.24) is 9.88 Å². The normalized spacial score (nSPS) is 20.1. The molecule has 2 aliphatic heterocycles. The van der Waals surface area contributed by atoms with Gasteiger partial charge >= 0.3 is 0 Å². The summed E-state index contributed by atoms with van der Waals surface area (Å²) in [4.78, 5) is 30.8. The van der Waals surface area contributed by atoms with Gasteiger partial charge in [0.2, 0.25) is 0 Å². The summed E-state index contributed by atoms with van der Waals surface area (Å²) in [6.07, 6.45) is 7.59. The quantitative estimate of drug-likeness (QED) is 0.343. The molecule has 1 aromatic heterocycles. The highest BCUT2D eigenvalue weighted by Gasteiger charge is 2.34. The predicted octanol–water partition coefficient (Wildman–Crippen LogP) is 6.57. The van der Waals surface area contributed by atoms with Crippen LogP contribution in [0.2, 0.25) is 0 Å².